The maximum absolute atomic E-state index is 12.7. The molecule has 5 rings (SSSR count). The van der Waals surface area contributed by atoms with Gasteiger partial charge in [-0.3, -0.25) is 9.59 Å². The van der Waals surface area contributed by atoms with E-state index >= 15 is 0 Å². The highest BCUT2D eigenvalue weighted by Crippen LogP contribution is 2.31. The number of hydrogen-bond acceptors (Lipinski definition) is 5. The lowest BCUT2D eigenvalue weighted by Crippen LogP contribution is -2.46. The first-order valence-corrected chi connectivity index (χ1v) is 10.7. The number of carbonyl (C=O) groups excluding carboxylic acids is 2. The summed E-state index contributed by atoms with van der Waals surface area (Å²) in [6.07, 6.45) is 11.2. The molecule has 3 aromatic heterocycles. The van der Waals surface area contributed by atoms with E-state index in [1.807, 2.05) is 12.4 Å². The van der Waals surface area contributed by atoms with E-state index in [0.717, 1.165) is 24.0 Å². The Morgan fingerprint density at radius 2 is 1.90 bits per heavy atom. The lowest BCUT2D eigenvalue weighted by Gasteiger charge is -2.31. The summed E-state index contributed by atoms with van der Waals surface area (Å²) >= 11 is 0. The molecular formula is C22H25N5O3. The maximum Gasteiger partial charge on any atom is 0.289 e. The van der Waals surface area contributed by atoms with Gasteiger partial charge < -0.3 is 19.2 Å². The summed E-state index contributed by atoms with van der Waals surface area (Å²) in [5.74, 6) is 0.113. The molecule has 1 aliphatic carbocycles. The molecule has 1 N–H and O–H groups in total. The lowest BCUT2D eigenvalue weighted by molar-refractivity contribution is 0.0667. The fraction of sp³-hybridized carbons (Fsp3) is 0.455. The Hall–Kier alpha value is -3.16. The summed E-state index contributed by atoms with van der Waals surface area (Å²) in [6, 6.07) is 5.70. The molecule has 0 unspecified atom stereocenters. The number of piperidine rings is 1. The average Bonchev–Trinajstić information content (AvgIpc) is 3.54. The smallest absolute Gasteiger partial charge is 0.289 e. The van der Waals surface area contributed by atoms with Gasteiger partial charge in [-0.15, -0.1) is 0 Å². The molecule has 2 amide bonds. The number of rotatable bonds is 4. The first kappa shape index (κ1) is 18.8. The van der Waals surface area contributed by atoms with E-state index in [1.165, 1.54) is 19.1 Å². The molecule has 0 spiro atoms. The molecule has 1 aliphatic heterocycles. The molecule has 1 saturated carbocycles. The van der Waals surface area contributed by atoms with Gasteiger partial charge in [-0.25, -0.2) is 9.97 Å². The second-order valence-corrected chi connectivity index (χ2v) is 8.17. The van der Waals surface area contributed by atoms with Crippen LogP contribution in [0.25, 0.3) is 11.2 Å². The highest BCUT2D eigenvalue weighted by Gasteiger charge is 2.26. The summed E-state index contributed by atoms with van der Waals surface area (Å²) in [5, 5.41) is 3.08. The van der Waals surface area contributed by atoms with Crippen LogP contribution in [-0.2, 0) is 0 Å². The van der Waals surface area contributed by atoms with E-state index < -0.39 is 0 Å². The molecule has 8 heteroatoms. The van der Waals surface area contributed by atoms with Crippen molar-refractivity contribution in [2.24, 2.45) is 0 Å². The Morgan fingerprint density at radius 3 is 2.63 bits per heavy atom. The number of carbonyl (C=O) groups is 2. The molecule has 0 aromatic carbocycles. The predicted octanol–water partition coefficient (Wildman–Crippen LogP) is 3.17. The molecule has 0 atom stereocenters. The van der Waals surface area contributed by atoms with Gasteiger partial charge in [0.1, 0.15) is 5.52 Å². The number of aromatic nitrogens is 3. The van der Waals surface area contributed by atoms with Crippen molar-refractivity contribution < 1.29 is 14.0 Å². The third-order valence-electron chi connectivity index (χ3n) is 6.24. The Labute approximate surface area is 174 Å². The third kappa shape index (κ3) is 3.58. The SMILES string of the molecule is O=C(NC1CCN(C(=O)c2ccco2)CC1)c1cnc2c(c1)ncn2C1CCCC1. The van der Waals surface area contributed by atoms with Crippen LogP contribution in [0.2, 0.25) is 0 Å². The van der Waals surface area contributed by atoms with Crippen LogP contribution in [0.3, 0.4) is 0 Å². The van der Waals surface area contributed by atoms with Gasteiger partial charge in [0.25, 0.3) is 11.8 Å². The molecule has 8 nitrogen and oxygen atoms in total. The van der Waals surface area contributed by atoms with Gasteiger partial charge in [0.15, 0.2) is 11.4 Å². The Morgan fingerprint density at radius 1 is 1.10 bits per heavy atom. The van der Waals surface area contributed by atoms with E-state index in [2.05, 4.69) is 19.9 Å². The van der Waals surface area contributed by atoms with Crippen molar-refractivity contribution in [3.63, 3.8) is 0 Å². The molecular weight excluding hydrogens is 382 g/mol. The number of nitrogens with one attached hydrogen (secondary N) is 1. The van der Waals surface area contributed by atoms with Crippen LogP contribution in [0.5, 0.6) is 0 Å². The van der Waals surface area contributed by atoms with Gasteiger partial charge >= 0.3 is 0 Å². The predicted molar refractivity (Wildman–Crippen MR) is 110 cm³/mol. The van der Waals surface area contributed by atoms with Gasteiger partial charge in [0.2, 0.25) is 0 Å². The summed E-state index contributed by atoms with van der Waals surface area (Å²) in [7, 11) is 0. The molecule has 2 fully saturated rings. The van der Waals surface area contributed by atoms with Crippen LogP contribution in [0.4, 0.5) is 0 Å². The normalized spacial score (nSPS) is 18.2. The third-order valence-corrected chi connectivity index (χ3v) is 6.24. The second kappa shape index (κ2) is 7.93. The van der Waals surface area contributed by atoms with Crippen LogP contribution in [-0.4, -0.2) is 50.4 Å². The summed E-state index contributed by atoms with van der Waals surface area (Å²) in [4.78, 5) is 35.9. The molecule has 3 aromatic rings. The van der Waals surface area contributed by atoms with E-state index in [4.69, 9.17) is 4.42 Å². The zero-order chi connectivity index (χ0) is 20.5. The van der Waals surface area contributed by atoms with E-state index in [-0.39, 0.29) is 17.9 Å². The minimum absolute atomic E-state index is 0.0323. The lowest BCUT2D eigenvalue weighted by atomic mass is 10.0. The molecule has 30 heavy (non-hydrogen) atoms. The van der Waals surface area contributed by atoms with Crippen LogP contribution < -0.4 is 5.32 Å². The van der Waals surface area contributed by atoms with Crippen LogP contribution >= 0.6 is 0 Å². The fourth-order valence-electron chi connectivity index (χ4n) is 4.54. The van der Waals surface area contributed by atoms with E-state index in [1.54, 1.807) is 23.2 Å². The summed E-state index contributed by atoms with van der Waals surface area (Å²) in [6.45, 7) is 1.18. The fourth-order valence-corrected chi connectivity index (χ4v) is 4.54. The van der Waals surface area contributed by atoms with Crippen LogP contribution in [0.1, 0.15) is 65.5 Å². The first-order valence-electron chi connectivity index (χ1n) is 10.7. The topological polar surface area (TPSA) is 93.3 Å². The van der Waals surface area contributed by atoms with Gasteiger partial charge in [-0.1, -0.05) is 12.8 Å². The standard InChI is InChI=1S/C22H25N5O3/c28-21(25-16-7-9-26(10-8-16)22(29)19-6-3-11-30-19)15-12-18-20(23-13-15)27(14-24-18)17-4-1-2-5-17/h3,6,11-14,16-17H,1-2,4-5,7-10H2,(H,25,28). The maximum atomic E-state index is 12.7. The van der Waals surface area contributed by atoms with Crippen molar-refractivity contribution in [1.82, 2.24) is 24.8 Å². The number of imidazole rings is 1. The van der Waals surface area contributed by atoms with Crippen LogP contribution in [0, 0.1) is 0 Å². The zero-order valence-corrected chi connectivity index (χ0v) is 16.8. The molecule has 4 heterocycles. The average molecular weight is 407 g/mol. The monoisotopic (exact) mass is 407 g/mol. The van der Waals surface area contributed by atoms with Gasteiger partial charge in [0.05, 0.1) is 18.2 Å². The number of likely N-dealkylation sites (tertiary alicyclic amines) is 1. The number of furan rings is 1. The van der Waals surface area contributed by atoms with Gasteiger partial charge in [-0.05, 0) is 43.9 Å². The van der Waals surface area contributed by atoms with Crippen LogP contribution in [0.15, 0.2) is 41.4 Å². The molecule has 156 valence electrons. The minimum Gasteiger partial charge on any atom is -0.459 e. The Bertz CT molecular complexity index is 1040. The molecule has 1 saturated heterocycles. The van der Waals surface area contributed by atoms with E-state index in [9.17, 15) is 9.59 Å². The zero-order valence-electron chi connectivity index (χ0n) is 16.8. The molecule has 0 bridgehead atoms. The summed E-state index contributed by atoms with van der Waals surface area (Å²) < 4.78 is 7.34. The molecule has 2 aliphatic rings. The Balaban J connectivity index is 1.20. The largest absolute Gasteiger partial charge is 0.459 e. The van der Waals surface area contributed by atoms with Crippen molar-refractivity contribution in [3.8, 4) is 0 Å². The quantitative estimate of drug-likeness (QED) is 0.717. The number of nitrogens with zero attached hydrogens (tertiary/aromatic N) is 4. The van der Waals surface area contributed by atoms with Gasteiger partial charge in [0, 0.05) is 31.4 Å². The highest BCUT2D eigenvalue weighted by molar-refractivity contribution is 5.96. The van der Waals surface area contributed by atoms with Gasteiger partial charge in [-0.2, -0.15) is 0 Å². The molecule has 0 radical (unpaired) electrons. The van der Waals surface area contributed by atoms with Crippen molar-refractivity contribution >= 4 is 23.0 Å². The van der Waals surface area contributed by atoms with E-state index in [0.29, 0.717) is 43.3 Å². The minimum atomic E-state index is -0.143. The summed E-state index contributed by atoms with van der Waals surface area (Å²) in [5.41, 5.74) is 2.13. The number of amides is 2. The van der Waals surface area contributed by atoms with Crippen molar-refractivity contribution in [2.75, 3.05) is 13.1 Å². The Kier molecular flexibility index (Phi) is 4.98. The highest BCUT2D eigenvalue weighted by atomic mass is 16.3. The number of pyridine rings is 1. The number of fused-ring (bicyclic) bond motifs is 1. The van der Waals surface area contributed by atoms with Crippen molar-refractivity contribution in [2.45, 2.75) is 50.6 Å². The van der Waals surface area contributed by atoms with Crippen molar-refractivity contribution in [3.05, 3.63) is 48.3 Å². The first-order chi connectivity index (χ1) is 14.7. The second-order valence-electron chi connectivity index (χ2n) is 8.17. The number of hydrogen-bond donors (Lipinski definition) is 1. The van der Waals surface area contributed by atoms with Crippen molar-refractivity contribution in [1.29, 1.82) is 0 Å².